The average molecular weight is 377 g/mol. The Morgan fingerprint density at radius 3 is 2.29 bits per heavy atom. The lowest BCUT2D eigenvalue weighted by Crippen LogP contribution is -2.10. The van der Waals surface area contributed by atoms with Gasteiger partial charge in [0.25, 0.3) is 0 Å². The maximum atomic E-state index is 5.19. The van der Waals surface area contributed by atoms with Crippen molar-refractivity contribution in [2.75, 3.05) is 24.3 Å². The SMILES string of the molecule is COc1ccc(CCNc2nccc(Nc3ccc(C(C)(C)C)cc3)n2)cc1. The van der Waals surface area contributed by atoms with E-state index < -0.39 is 0 Å². The van der Waals surface area contributed by atoms with Crippen molar-refractivity contribution in [1.29, 1.82) is 0 Å². The minimum atomic E-state index is 0.147. The van der Waals surface area contributed by atoms with E-state index in [0.29, 0.717) is 5.95 Å². The molecular weight excluding hydrogens is 348 g/mol. The van der Waals surface area contributed by atoms with Crippen LogP contribution in [0.1, 0.15) is 31.9 Å². The summed E-state index contributed by atoms with van der Waals surface area (Å²) >= 11 is 0. The quantitative estimate of drug-likeness (QED) is 0.595. The number of ether oxygens (including phenoxy) is 1. The Kier molecular flexibility index (Phi) is 6.14. The van der Waals surface area contributed by atoms with Gasteiger partial charge in [0.2, 0.25) is 5.95 Å². The molecule has 0 aliphatic carbocycles. The summed E-state index contributed by atoms with van der Waals surface area (Å²) in [6, 6.07) is 18.4. The van der Waals surface area contributed by atoms with Crippen LogP contribution in [0.25, 0.3) is 0 Å². The zero-order chi connectivity index (χ0) is 20.0. The topological polar surface area (TPSA) is 59.1 Å². The third-order valence-electron chi connectivity index (χ3n) is 4.53. The van der Waals surface area contributed by atoms with Gasteiger partial charge in [-0.3, -0.25) is 0 Å². The normalized spacial score (nSPS) is 11.1. The molecule has 0 fully saturated rings. The first-order valence-electron chi connectivity index (χ1n) is 9.51. The molecule has 2 aromatic carbocycles. The monoisotopic (exact) mass is 376 g/mol. The van der Waals surface area contributed by atoms with E-state index in [-0.39, 0.29) is 5.41 Å². The molecule has 0 spiro atoms. The molecule has 0 amide bonds. The van der Waals surface area contributed by atoms with E-state index in [1.807, 2.05) is 18.2 Å². The van der Waals surface area contributed by atoms with Gasteiger partial charge in [0.1, 0.15) is 11.6 Å². The Hall–Kier alpha value is -3.08. The Morgan fingerprint density at radius 1 is 0.929 bits per heavy atom. The molecule has 146 valence electrons. The molecule has 0 unspecified atom stereocenters. The molecule has 5 heteroatoms. The number of rotatable bonds is 7. The van der Waals surface area contributed by atoms with E-state index in [2.05, 4.69) is 77.8 Å². The molecule has 1 aromatic heterocycles. The van der Waals surface area contributed by atoms with Crippen molar-refractivity contribution in [3.8, 4) is 5.75 Å². The van der Waals surface area contributed by atoms with Crippen LogP contribution in [0.3, 0.4) is 0 Å². The molecular formula is C23H28N4O. The van der Waals surface area contributed by atoms with Crippen LogP contribution in [0.5, 0.6) is 5.75 Å². The third-order valence-corrected chi connectivity index (χ3v) is 4.53. The van der Waals surface area contributed by atoms with E-state index in [1.165, 1.54) is 11.1 Å². The number of hydrogen-bond donors (Lipinski definition) is 2. The fourth-order valence-corrected chi connectivity index (χ4v) is 2.83. The van der Waals surface area contributed by atoms with E-state index in [4.69, 9.17) is 4.74 Å². The second kappa shape index (κ2) is 8.74. The lowest BCUT2D eigenvalue weighted by Gasteiger charge is -2.19. The number of benzene rings is 2. The van der Waals surface area contributed by atoms with Crippen LogP contribution in [0.2, 0.25) is 0 Å². The number of methoxy groups -OCH3 is 1. The smallest absolute Gasteiger partial charge is 0.224 e. The van der Waals surface area contributed by atoms with Crippen molar-refractivity contribution in [3.63, 3.8) is 0 Å². The highest BCUT2D eigenvalue weighted by Crippen LogP contribution is 2.24. The molecule has 28 heavy (non-hydrogen) atoms. The van der Waals surface area contributed by atoms with Crippen LogP contribution < -0.4 is 15.4 Å². The predicted octanol–water partition coefficient (Wildman–Crippen LogP) is 5.18. The zero-order valence-corrected chi connectivity index (χ0v) is 17.0. The Labute approximate surface area is 167 Å². The highest BCUT2D eigenvalue weighted by atomic mass is 16.5. The van der Waals surface area contributed by atoms with E-state index in [0.717, 1.165) is 30.2 Å². The van der Waals surface area contributed by atoms with Gasteiger partial charge in [0, 0.05) is 18.4 Å². The lowest BCUT2D eigenvalue weighted by atomic mass is 9.87. The first-order chi connectivity index (χ1) is 13.4. The van der Waals surface area contributed by atoms with Gasteiger partial charge in [-0.05, 0) is 53.3 Å². The van der Waals surface area contributed by atoms with Gasteiger partial charge in [-0.1, -0.05) is 45.0 Å². The number of nitrogens with zero attached hydrogens (tertiary/aromatic N) is 2. The molecule has 2 N–H and O–H groups in total. The minimum absolute atomic E-state index is 0.147. The molecule has 1 heterocycles. The van der Waals surface area contributed by atoms with E-state index in [1.54, 1.807) is 13.3 Å². The summed E-state index contributed by atoms with van der Waals surface area (Å²) < 4.78 is 5.19. The van der Waals surface area contributed by atoms with Crippen LogP contribution in [0.4, 0.5) is 17.5 Å². The molecule has 5 nitrogen and oxygen atoms in total. The van der Waals surface area contributed by atoms with Gasteiger partial charge in [0.05, 0.1) is 7.11 Å². The van der Waals surface area contributed by atoms with Crippen molar-refractivity contribution < 1.29 is 4.74 Å². The highest BCUT2D eigenvalue weighted by Gasteiger charge is 2.12. The van der Waals surface area contributed by atoms with E-state index >= 15 is 0 Å². The molecule has 0 saturated heterocycles. The van der Waals surface area contributed by atoms with Crippen molar-refractivity contribution >= 4 is 17.5 Å². The Morgan fingerprint density at radius 2 is 1.64 bits per heavy atom. The summed E-state index contributed by atoms with van der Waals surface area (Å²) in [6.45, 7) is 7.40. The second-order valence-electron chi connectivity index (χ2n) is 7.74. The van der Waals surface area contributed by atoms with Gasteiger partial charge < -0.3 is 15.4 Å². The highest BCUT2D eigenvalue weighted by molar-refractivity contribution is 5.57. The molecule has 0 atom stereocenters. The summed E-state index contributed by atoms with van der Waals surface area (Å²) in [5, 5.41) is 6.62. The summed E-state index contributed by atoms with van der Waals surface area (Å²) in [5.74, 6) is 2.25. The first-order valence-corrected chi connectivity index (χ1v) is 9.51. The van der Waals surface area contributed by atoms with Gasteiger partial charge in [0.15, 0.2) is 0 Å². The van der Waals surface area contributed by atoms with E-state index in [9.17, 15) is 0 Å². The number of nitrogens with one attached hydrogen (secondary N) is 2. The van der Waals surface area contributed by atoms with Crippen LogP contribution in [0.15, 0.2) is 60.8 Å². The Balaban J connectivity index is 1.56. The van der Waals surface area contributed by atoms with Crippen LogP contribution in [-0.4, -0.2) is 23.6 Å². The van der Waals surface area contributed by atoms with Crippen molar-refractivity contribution in [3.05, 3.63) is 71.9 Å². The number of anilines is 3. The molecule has 0 aliphatic heterocycles. The van der Waals surface area contributed by atoms with Crippen LogP contribution in [0, 0.1) is 0 Å². The number of hydrogen-bond acceptors (Lipinski definition) is 5. The fourth-order valence-electron chi connectivity index (χ4n) is 2.83. The molecule has 0 bridgehead atoms. The molecule has 0 radical (unpaired) electrons. The number of aromatic nitrogens is 2. The molecule has 3 rings (SSSR count). The Bertz CT molecular complexity index is 884. The summed E-state index contributed by atoms with van der Waals surface area (Å²) in [5.41, 5.74) is 3.70. The van der Waals surface area contributed by atoms with Gasteiger partial charge in [-0.15, -0.1) is 0 Å². The van der Waals surface area contributed by atoms with Gasteiger partial charge in [-0.25, -0.2) is 4.98 Å². The van der Waals surface area contributed by atoms with Crippen molar-refractivity contribution in [1.82, 2.24) is 9.97 Å². The summed E-state index contributed by atoms with van der Waals surface area (Å²) in [6.07, 6.45) is 2.65. The standard InChI is InChI=1S/C23H28N4O/c1-23(2,3)18-7-9-19(10-8-18)26-21-14-16-25-22(27-21)24-15-13-17-5-11-20(28-4)12-6-17/h5-12,14,16H,13,15H2,1-4H3,(H2,24,25,26,27). The minimum Gasteiger partial charge on any atom is -0.497 e. The van der Waals surface area contributed by atoms with Gasteiger partial charge in [-0.2, -0.15) is 4.98 Å². The molecule has 3 aromatic rings. The summed E-state index contributed by atoms with van der Waals surface area (Å²) in [7, 11) is 1.67. The van der Waals surface area contributed by atoms with Crippen LogP contribution in [-0.2, 0) is 11.8 Å². The third kappa shape index (κ3) is 5.46. The second-order valence-corrected chi connectivity index (χ2v) is 7.74. The zero-order valence-electron chi connectivity index (χ0n) is 17.0. The maximum absolute atomic E-state index is 5.19. The largest absolute Gasteiger partial charge is 0.497 e. The van der Waals surface area contributed by atoms with Gasteiger partial charge >= 0.3 is 0 Å². The van der Waals surface area contributed by atoms with Crippen molar-refractivity contribution in [2.45, 2.75) is 32.6 Å². The summed E-state index contributed by atoms with van der Waals surface area (Å²) in [4.78, 5) is 8.85. The first kappa shape index (κ1) is 19.7. The maximum Gasteiger partial charge on any atom is 0.224 e. The fraction of sp³-hybridized carbons (Fsp3) is 0.304. The van der Waals surface area contributed by atoms with Crippen molar-refractivity contribution in [2.24, 2.45) is 0 Å². The molecule has 0 aliphatic rings. The molecule has 0 saturated carbocycles. The lowest BCUT2D eigenvalue weighted by molar-refractivity contribution is 0.414. The average Bonchev–Trinajstić information content (AvgIpc) is 2.69. The van der Waals surface area contributed by atoms with Crippen LogP contribution >= 0.6 is 0 Å². The predicted molar refractivity (Wildman–Crippen MR) is 116 cm³/mol.